The summed E-state index contributed by atoms with van der Waals surface area (Å²) in [5, 5.41) is 12.9. The van der Waals surface area contributed by atoms with Crippen molar-refractivity contribution >= 4 is 5.69 Å². The summed E-state index contributed by atoms with van der Waals surface area (Å²) in [4.78, 5) is 2.43. The molecule has 0 bridgehead atoms. The van der Waals surface area contributed by atoms with Crippen molar-refractivity contribution in [3.8, 4) is 6.07 Å². The van der Waals surface area contributed by atoms with Crippen molar-refractivity contribution in [1.29, 1.82) is 5.26 Å². The fourth-order valence-electron chi connectivity index (χ4n) is 3.06. The summed E-state index contributed by atoms with van der Waals surface area (Å²) >= 11 is 0. The fourth-order valence-corrected chi connectivity index (χ4v) is 3.06. The number of benzene rings is 1. The molecule has 1 aromatic rings. The van der Waals surface area contributed by atoms with Gasteiger partial charge in [-0.3, -0.25) is 4.90 Å². The highest BCUT2D eigenvalue weighted by Gasteiger charge is 2.47. The van der Waals surface area contributed by atoms with E-state index in [1.165, 1.54) is 25.0 Å². The van der Waals surface area contributed by atoms with E-state index >= 15 is 0 Å². The number of rotatable bonds is 3. The van der Waals surface area contributed by atoms with E-state index in [4.69, 9.17) is 0 Å². The van der Waals surface area contributed by atoms with E-state index in [0.717, 1.165) is 18.7 Å². The van der Waals surface area contributed by atoms with Gasteiger partial charge in [0.05, 0.1) is 6.07 Å². The lowest BCUT2D eigenvalue weighted by molar-refractivity contribution is 0.255. The second kappa shape index (κ2) is 4.50. The molecule has 0 spiro atoms. The molecule has 4 heteroatoms. The summed E-state index contributed by atoms with van der Waals surface area (Å²) < 4.78 is 12.9. The van der Waals surface area contributed by atoms with Crippen LogP contribution in [0.25, 0.3) is 0 Å². The minimum absolute atomic E-state index is 0.254. The first kappa shape index (κ1) is 12.4. The Bertz CT molecular complexity index is 503. The van der Waals surface area contributed by atoms with Gasteiger partial charge in [-0.05, 0) is 44.0 Å². The molecule has 0 amide bonds. The summed E-state index contributed by atoms with van der Waals surface area (Å²) in [6, 6.07) is 9.76. The molecule has 2 unspecified atom stereocenters. The van der Waals surface area contributed by atoms with Crippen LogP contribution >= 0.6 is 0 Å². The van der Waals surface area contributed by atoms with Crippen LogP contribution in [0.2, 0.25) is 0 Å². The third-order valence-corrected chi connectivity index (χ3v) is 4.12. The number of anilines is 1. The maximum Gasteiger partial charge on any atom is 0.139 e. The first-order valence-electron chi connectivity index (χ1n) is 6.83. The Morgan fingerprint density at radius 1 is 1.37 bits per heavy atom. The smallest absolute Gasteiger partial charge is 0.139 e. The summed E-state index contributed by atoms with van der Waals surface area (Å²) in [6.07, 6.45) is 3.32. The van der Waals surface area contributed by atoms with Gasteiger partial charge in [-0.1, -0.05) is 0 Å². The van der Waals surface area contributed by atoms with E-state index < -0.39 is 5.54 Å². The van der Waals surface area contributed by atoms with Crippen LogP contribution in [0.3, 0.4) is 0 Å². The first-order chi connectivity index (χ1) is 9.12. The molecular weight excluding hydrogens is 241 g/mol. The highest BCUT2D eigenvalue weighted by atomic mass is 19.1. The molecular formula is C15H18FN3. The number of halogens is 1. The van der Waals surface area contributed by atoms with E-state index in [0.29, 0.717) is 12.1 Å². The lowest BCUT2D eigenvalue weighted by atomic mass is 9.98. The van der Waals surface area contributed by atoms with Crippen LogP contribution in [0, 0.1) is 17.1 Å². The first-order valence-corrected chi connectivity index (χ1v) is 6.83. The number of likely N-dealkylation sites (tertiary alicyclic amines) is 1. The topological polar surface area (TPSA) is 39.1 Å². The van der Waals surface area contributed by atoms with Crippen LogP contribution in [0.1, 0.15) is 26.2 Å². The largest absolute Gasteiger partial charge is 0.366 e. The molecule has 1 aromatic carbocycles. The molecule has 2 fully saturated rings. The van der Waals surface area contributed by atoms with Crippen LogP contribution in [0.15, 0.2) is 24.3 Å². The lowest BCUT2D eigenvalue weighted by Gasteiger charge is -2.24. The summed E-state index contributed by atoms with van der Waals surface area (Å²) in [7, 11) is 0. The Morgan fingerprint density at radius 2 is 2.05 bits per heavy atom. The molecule has 1 aliphatic heterocycles. The number of nitrogens with zero attached hydrogens (tertiary/aromatic N) is 2. The van der Waals surface area contributed by atoms with Crippen molar-refractivity contribution in [3.05, 3.63) is 30.1 Å². The maximum atomic E-state index is 12.9. The second-order valence-electron chi connectivity index (χ2n) is 5.78. The molecule has 1 saturated heterocycles. The van der Waals surface area contributed by atoms with Gasteiger partial charge >= 0.3 is 0 Å². The average molecular weight is 259 g/mol. The Hall–Kier alpha value is -1.60. The van der Waals surface area contributed by atoms with E-state index in [1.54, 1.807) is 12.1 Å². The van der Waals surface area contributed by atoms with Crippen LogP contribution in [0.4, 0.5) is 10.1 Å². The summed E-state index contributed by atoms with van der Waals surface area (Å²) in [5.41, 5.74) is 0.271. The van der Waals surface area contributed by atoms with Crippen molar-refractivity contribution in [1.82, 2.24) is 4.90 Å². The van der Waals surface area contributed by atoms with Crippen LogP contribution in [-0.2, 0) is 0 Å². The van der Waals surface area contributed by atoms with E-state index in [-0.39, 0.29) is 5.82 Å². The molecule has 3 rings (SSSR count). The second-order valence-corrected chi connectivity index (χ2v) is 5.78. The average Bonchev–Trinajstić information content (AvgIpc) is 3.18. The van der Waals surface area contributed by atoms with Gasteiger partial charge in [-0.2, -0.15) is 5.26 Å². The van der Waals surface area contributed by atoms with Crippen molar-refractivity contribution in [2.75, 3.05) is 11.9 Å². The van der Waals surface area contributed by atoms with Gasteiger partial charge in [-0.15, -0.1) is 0 Å². The van der Waals surface area contributed by atoms with E-state index in [2.05, 4.69) is 23.2 Å². The van der Waals surface area contributed by atoms with Gasteiger partial charge in [-0.25, -0.2) is 4.39 Å². The quantitative estimate of drug-likeness (QED) is 0.907. The maximum absolute atomic E-state index is 12.9. The zero-order chi connectivity index (χ0) is 13.5. The Labute approximate surface area is 113 Å². The SMILES string of the molecule is CC1CC(C#N)(Nc2ccc(F)cc2)CN1C1CC1. The van der Waals surface area contributed by atoms with E-state index in [9.17, 15) is 9.65 Å². The monoisotopic (exact) mass is 259 g/mol. The van der Waals surface area contributed by atoms with Gasteiger partial charge in [0.1, 0.15) is 11.4 Å². The van der Waals surface area contributed by atoms with Crippen molar-refractivity contribution in [3.63, 3.8) is 0 Å². The Balaban J connectivity index is 1.77. The molecule has 2 aliphatic rings. The molecule has 19 heavy (non-hydrogen) atoms. The highest BCUT2D eigenvalue weighted by Crippen LogP contribution is 2.38. The molecule has 0 radical (unpaired) electrons. The number of nitrogens with one attached hydrogen (secondary N) is 1. The number of nitriles is 1. The van der Waals surface area contributed by atoms with Gasteiger partial charge in [0.2, 0.25) is 0 Å². The molecule has 100 valence electrons. The summed E-state index contributed by atoms with van der Waals surface area (Å²) in [6.45, 7) is 2.94. The van der Waals surface area contributed by atoms with Crippen LogP contribution < -0.4 is 5.32 Å². The minimum Gasteiger partial charge on any atom is -0.366 e. The molecule has 1 heterocycles. The standard InChI is InChI=1S/C15H18FN3/c1-11-8-15(9-17,10-19(11)14-6-7-14)18-13-4-2-12(16)3-5-13/h2-5,11,14,18H,6-8,10H2,1H3. The minimum atomic E-state index is -0.542. The zero-order valence-corrected chi connectivity index (χ0v) is 11.1. The zero-order valence-electron chi connectivity index (χ0n) is 11.1. The fraction of sp³-hybridized carbons (Fsp3) is 0.533. The molecule has 1 N–H and O–H groups in total. The van der Waals surface area contributed by atoms with Gasteiger partial charge in [0.15, 0.2) is 0 Å². The molecule has 1 saturated carbocycles. The van der Waals surface area contributed by atoms with Crippen LogP contribution in [-0.4, -0.2) is 29.1 Å². The van der Waals surface area contributed by atoms with E-state index in [1.807, 2.05) is 0 Å². The van der Waals surface area contributed by atoms with Gasteiger partial charge in [0, 0.05) is 30.7 Å². The molecule has 1 aliphatic carbocycles. The van der Waals surface area contributed by atoms with Crippen molar-refractivity contribution in [2.45, 2.75) is 43.8 Å². The predicted molar refractivity (Wildman–Crippen MR) is 72.2 cm³/mol. The predicted octanol–water partition coefficient (Wildman–Crippen LogP) is 2.76. The number of hydrogen-bond donors (Lipinski definition) is 1. The van der Waals surface area contributed by atoms with Crippen molar-refractivity contribution in [2.24, 2.45) is 0 Å². The highest BCUT2D eigenvalue weighted by molar-refractivity contribution is 5.48. The summed E-state index contributed by atoms with van der Waals surface area (Å²) in [5.74, 6) is -0.254. The molecule has 0 aromatic heterocycles. The van der Waals surface area contributed by atoms with Crippen molar-refractivity contribution < 1.29 is 4.39 Å². The third-order valence-electron chi connectivity index (χ3n) is 4.12. The normalized spacial score (nSPS) is 31.1. The van der Waals surface area contributed by atoms with Gasteiger partial charge < -0.3 is 5.32 Å². The molecule has 2 atom stereocenters. The lowest BCUT2D eigenvalue weighted by Crippen LogP contribution is -2.40. The van der Waals surface area contributed by atoms with Crippen LogP contribution in [0.5, 0.6) is 0 Å². The third kappa shape index (κ3) is 2.43. The molecule has 3 nitrogen and oxygen atoms in total. The number of hydrogen-bond acceptors (Lipinski definition) is 3. The van der Waals surface area contributed by atoms with Gasteiger partial charge in [0.25, 0.3) is 0 Å². The Morgan fingerprint density at radius 3 is 2.63 bits per heavy atom. The Kier molecular flexibility index (Phi) is 2.94.